The summed E-state index contributed by atoms with van der Waals surface area (Å²) in [6, 6.07) is 14.5. The first-order chi connectivity index (χ1) is 60.4. The molecule has 3 atom stereocenters. The van der Waals surface area contributed by atoms with E-state index in [-0.39, 0.29) is 29.1 Å². The van der Waals surface area contributed by atoms with Crippen LogP contribution >= 0.6 is 0 Å². The summed E-state index contributed by atoms with van der Waals surface area (Å²) in [5, 5.41) is 1.91. The summed E-state index contributed by atoms with van der Waals surface area (Å²) < 4.78 is 445. The maximum atomic E-state index is 15.1. The van der Waals surface area contributed by atoms with Gasteiger partial charge in [0.2, 0.25) is 5.70 Å². The van der Waals surface area contributed by atoms with Gasteiger partial charge in [0, 0.05) is 173 Å². The van der Waals surface area contributed by atoms with Crippen molar-refractivity contribution >= 4 is 16.6 Å². The first-order valence-corrected chi connectivity index (χ1v) is 12.1. The molecule has 0 aliphatic heterocycles. The molecule has 2 aromatic heterocycles. The van der Waals surface area contributed by atoms with Crippen LogP contribution in [0.4, 0.5) is 4.39 Å². The van der Waals surface area contributed by atoms with E-state index in [0.29, 0.717) is 23.5 Å². The molecule has 0 radical (unpaired) electrons. The molecule has 0 fully saturated rings. The van der Waals surface area contributed by atoms with Crippen molar-refractivity contribution in [3.63, 3.8) is 0 Å². The predicted molar refractivity (Wildman–Crippen MR) is 227 cm³/mol. The average molecular weight is 734 g/mol. The Hall–Kier alpha value is -4.24. The molecule has 0 N–H and O–H groups in total. The van der Waals surface area contributed by atoms with Crippen LogP contribution in [-0.2, 0) is 16.6 Å². The van der Waals surface area contributed by atoms with Crippen LogP contribution in [0.25, 0.3) is 38.3 Å². The monoisotopic (exact) mass is 734 g/mol. The quantitative estimate of drug-likeness (QED) is 0.192. The number of fused-ring (bicyclic) bond motifs is 4. The molecule has 36 heavy (non-hydrogen) atoms. The van der Waals surface area contributed by atoms with Crippen molar-refractivity contribution in [2.75, 3.05) is 0 Å². The molecular formula is C30H109FN4O. The van der Waals surface area contributed by atoms with Gasteiger partial charge in [0.05, 0.1) is 18.0 Å². The third-order valence-electron chi connectivity index (χ3n) is 7.87. The van der Waals surface area contributed by atoms with Gasteiger partial charge < -0.3 is 4.79 Å². The lowest BCUT2D eigenvalue weighted by Gasteiger charge is -2.46. The lowest BCUT2D eigenvalue weighted by molar-refractivity contribution is -0.121. The molecule has 262 valence electrons. The lowest BCUT2D eigenvalue weighted by Crippen LogP contribution is -2.46. The van der Waals surface area contributed by atoms with Crippen LogP contribution in [0, 0.1) is 24.2 Å². The highest BCUT2D eigenvalue weighted by Gasteiger charge is 2.49. The van der Waals surface area contributed by atoms with Crippen LogP contribution in [0.5, 0.6) is 0 Å². The highest BCUT2D eigenvalue weighted by molar-refractivity contribution is 6.00. The Morgan fingerprint density at radius 3 is 2.75 bits per heavy atom. The van der Waals surface area contributed by atoms with Crippen molar-refractivity contribution in [3.05, 3.63) is 101 Å². The zero-order chi connectivity index (χ0) is 111. The van der Waals surface area contributed by atoms with E-state index in [1.807, 2.05) is 37.3 Å². The fraction of sp³-hybridized carbons (Fsp3) is 0.233. The van der Waals surface area contributed by atoms with E-state index in [4.69, 9.17) is 144 Å². The fourth-order valence-electron chi connectivity index (χ4n) is 6.06. The minimum Gasteiger partial charge on any atom is -0.308 e. The molecule has 0 spiro atoms. The molecule has 5 nitrogen and oxygen atoms in total. The number of allylic oxidation sites excluding steroid dienone is 2. The first kappa shape index (κ1) is 4.72. The van der Waals surface area contributed by atoms with Crippen molar-refractivity contribution in [2.24, 2.45) is 11.8 Å². The van der Waals surface area contributed by atoms with Gasteiger partial charge in [-0.1, -0.05) is 50.3 Å². The molecule has 4 aromatic rings. The molecule has 6 heteroatoms. The SMILES string of the molecule is [3H][3H].[3H][3H].[3H][3H].[3H][3H].[3H][3H].[3H][3H].[3H][3H].[3H][3H].[3H][3H].[3H][3H].[3H][3H].[3H][3H].[3H][3H].[3H][3H].[3H][3H].[3H][3H].[3H][3H].[3H][3H].[3H][3H].[3H][3H].[3H][3H].[3H][3H].[3H][3H].[3H][3H].[3H][3H].[3H][3H].[3H][3H].[3H][3H].[3H][3H].[3H][3H].[3H][3H].[3H][3H].[3H][3H].[3H][3H].[3H][3H].[3H][3H].[3H][3H].[3H][3H].[3H][3H].[3H][3H].[3H][3H].[3H][3H].[3H][3H].[C-]#[N+]C1=C[C@@]2(C)c3nc(-c4cccc5cnccc45)nc(-c4ccccc4F)c3CC[C@@H]2[C@@H](C)C1=O. The van der Waals surface area contributed by atoms with E-state index < -0.39 is 5.41 Å². The van der Waals surface area contributed by atoms with E-state index in [9.17, 15) is 4.79 Å². The van der Waals surface area contributed by atoms with Gasteiger partial charge in [-0.05, 0) is 42.3 Å². The molecule has 0 saturated heterocycles. The van der Waals surface area contributed by atoms with E-state index in [0.717, 1.165) is 34.0 Å². The predicted octanol–water partition coefficient (Wildman–Crippen LogP) is 16.9. The van der Waals surface area contributed by atoms with E-state index in [1.54, 1.807) is 30.6 Å². The summed E-state index contributed by atoms with van der Waals surface area (Å²) in [7, 11) is 0. The number of rotatable bonds is 2. The summed E-state index contributed by atoms with van der Waals surface area (Å²) in [6.07, 6.45) is 6.70. The van der Waals surface area contributed by atoms with Gasteiger partial charge >= 0.3 is 0 Å². The number of halogens is 1. The Morgan fingerprint density at radius 2 is 1.94 bits per heavy atom. The standard InChI is InChI=1S/C30H23FN4O.43H2/c1-17-23-12-11-22-26(21-8-4-5-10-24(21)31)34-29(20-9-6-7-18-16-33-14-13-19(18)20)35-28(22)30(23,2)15-25(32-3)27(17)36;;;;;;;;;;;;;;;;;;;;;;;;;;;;;;;;;;;;;;;;;;;/h4-10,13-17,23H,11-12H2,1-2H3;43*1H/t17-,23-,30-;;;;;;;;;;;;;;;;;;;;;;;;;;;;;;;;;;;;;;;;;;;/m1.........................................../s1/i;43*1+2T. The topological polar surface area (TPSA) is 60.1 Å². The molecule has 2 heterocycles. The third-order valence-corrected chi connectivity index (χ3v) is 7.87. The number of hydrogen-bond donors (Lipinski definition) is 0. The van der Waals surface area contributed by atoms with Crippen molar-refractivity contribution < 1.29 is 137 Å². The summed E-state index contributed by atoms with van der Waals surface area (Å²) >= 11 is 0. The number of pyridine rings is 1. The zero-order valence-electron chi connectivity index (χ0n) is 106. The van der Waals surface area contributed by atoms with E-state index in [1.165, 1.54) is 6.07 Å². The van der Waals surface area contributed by atoms with Crippen LogP contribution in [0.3, 0.4) is 0 Å². The normalized spacial score (nSPS) is 32.5. The summed E-state index contributed by atoms with van der Waals surface area (Å²) in [4.78, 5) is 30.7. The Morgan fingerprint density at radius 1 is 1.14 bits per heavy atom. The van der Waals surface area contributed by atoms with Crippen LogP contribution in [0.2, 0.25) is 0 Å². The Labute approximate surface area is 341 Å². The molecule has 0 unspecified atom stereocenters. The summed E-state index contributed by atoms with van der Waals surface area (Å²) in [5.74, 6) is -0.260. The first-order valence-electron chi connectivity index (χ1n) is 55.1. The van der Waals surface area contributed by atoms with E-state index >= 15 is 4.39 Å². The Bertz CT molecular complexity index is 1740. The fourth-order valence-corrected chi connectivity index (χ4v) is 6.06. The number of nitrogens with zero attached hydrogens (tertiary/aromatic N) is 4. The van der Waals surface area contributed by atoms with Crippen molar-refractivity contribution in [1.82, 2.24) is 15.0 Å². The van der Waals surface area contributed by atoms with Gasteiger partial charge in [-0.25, -0.2) is 19.2 Å². The molecule has 2 aliphatic carbocycles. The lowest BCUT2D eigenvalue weighted by atomic mass is 9.58. The van der Waals surface area contributed by atoms with Gasteiger partial charge in [-0.15, -0.1) is 0 Å². The minimum absolute atomic E-state index is 0.00376. The highest BCUT2D eigenvalue weighted by Crippen LogP contribution is 2.51. The van der Waals surface area contributed by atoms with Gasteiger partial charge in [0.25, 0.3) is 0 Å². The Kier molecular flexibility index (Phi) is 1.07. The second-order valence-corrected chi connectivity index (χ2v) is 9.83. The molecule has 6 rings (SSSR count). The van der Waals surface area contributed by atoms with Crippen molar-refractivity contribution in [1.29, 1.82) is 0 Å². The van der Waals surface area contributed by atoms with Crippen LogP contribution in [-0.4, -0.2) is 20.7 Å². The number of Topliss-reactive ketones (excluding diaryl/α,β-unsaturated/α-hetero) is 1. The maximum Gasteiger partial charge on any atom is 0.226 e. The number of hydrogen-bond acceptors (Lipinski definition) is 4. The molecule has 0 amide bonds. The van der Waals surface area contributed by atoms with E-state index in [2.05, 4.69) is 16.8 Å². The third kappa shape index (κ3) is 3.20. The van der Waals surface area contributed by atoms with Crippen LogP contribution in [0.15, 0.2) is 72.7 Å². The van der Waals surface area contributed by atoms with Crippen molar-refractivity contribution in [3.8, 4) is 22.6 Å². The maximum absolute atomic E-state index is 15.1. The summed E-state index contributed by atoms with van der Waals surface area (Å²) in [6.45, 7) is 11.6. The minimum atomic E-state index is -0.648. The smallest absolute Gasteiger partial charge is 0.226 e. The number of benzene rings is 2. The molecule has 2 aliphatic rings. The summed E-state index contributed by atoms with van der Waals surface area (Å²) in [5.41, 5.74) is 2.98. The van der Waals surface area contributed by atoms with Gasteiger partial charge in [-0.2, -0.15) is 0 Å². The molecule has 2 aromatic carbocycles. The highest BCUT2D eigenvalue weighted by atomic mass is 19.1. The second-order valence-electron chi connectivity index (χ2n) is 9.83. The van der Waals surface area contributed by atoms with Crippen molar-refractivity contribution in [2.45, 2.75) is 32.1 Å². The Balaban J connectivity index is -0.0000000195. The number of carbonyl (C=O) groups excluding carboxylic acids is 1. The molecule has 0 saturated carbocycles. The number of carbonyl (C=O) groups is 1. The number of ketones is 1. The van der Waals surface area contributed by atoms with Gasteiger partial charge in [0.1, 0.15) is 5.82 Å². The average Bonchev–Trinajstić information content (AvgIpc) is 0.720. The second kappa shape index (κ2) is 8.17. The molecular weight excluding hydrogens is 451 g/mol. The van der Waals surface area contributed by atoms with Gasteiger partial charge in [-0.3, -0.25) is 4.98 Å². The van der Waals surface area contributed by atoms with Gasteiger partial charge in [0.15, 0.2) is 11.6 Å². The van der Waals surface area contributed by atoms with Crippen LogP contribution < -0.4 is 0 Å². The zero-order valence-corrected chi connectivity index (χ0v) is 20.0. The number of aromatic nitrogens is 3. The van der Waals surface area contributed by atoms with Crippen LogP contribution in [0.1, 0.15) is 159 Å². The molecule has 0 bridgehead atoms. The largest absolute Gasteiger partial charge is 0.308 e.